The molecule has 0 atom stereocenters. The molecule has 2 aliphatic heterocycles. The minimum atomic E-state index is 0.0579. The van der Waals surface area contributed by atoms with Gasteiger partial charge >= 0.3 is 0 Å². The van der Waals surface area contributed by atoms with E-state index in [2.05, 4.69) is 15.6 Å². The highest BCUT2D eigenvalue weighted by molar-refractivity contribution is 6.31. The highest BCUT2D eigenvalue weighted by Crippen LogP contribution is 2.20. The molecule has 0 unspecified atom stereocenters. The summed E-state index contributed by atoms with van der Waals surface area (Å²) < 4.78 is 0. The Morgan fingerprint density at radius 3 is 2.84 bits per heavy atom. The van der Waals surface area contributed by atoms with Gasteiger partial charge < -0.3 is 10.6 Å². The predicted molar refractivity (Wildman–Crippen MR) is 76.2 cm³/mol. The number of hydrogen-bond acceptors (Lipinski definition) is 4. The van der Waals surface area contributed by atoms with E-state index >= 15 is 0 Å². The number of carbonyl (C=O) groups excluding carboxylic acids is 1. The van der Waals surface area contributed by atoms with E-state index in [4.69, 9.17) is 11.6 Å². The molecule has 2 heterocycles. The Balaban J connectivity index is 1.86. The zero-order chi connectivity index (χ0) is 13.2. The van der Waals surface area contributed by atoms with Gasteiger partial charge in [-0.3, -0.25) is 9.79 Å². The molecule has 5 heteroatoms. The lowest BCUT2D eigenvalue weighted by Gasteiger charge is -2.27. The summed E-state index contributed by atoms with van der Waals surface area (Å²) in [7, 11) is 0. The van der Waals surface area contributed by atoms with Crippen molar-refractivity contribution in [1.82, 2.24) is 10.6 Å². The number of ketones is 1. The number of piperidine rings is 1. The Morgan fingerprint density at radius 1 is 1.26 bits per heavy atom. The van der Waals surface area contributed by atoms with Crippen molar-refractivity contribution in [1.29, 1.82) is 0 Å². The molecule has 0 aliphatic carbocycles. The van der Waals surface area contributed by atoms with Gasteiger partial charge in [0, 0.05) is 22.2 Å². The van der Waals surface area contributed by atoms with Crippen LogP contribution in [0, 0.1) is 0 Å². The number of nitrogens with one attached hydrogen (secondary N) is 2. The van der Waals surface area contributed by atoms with Gasteiger partial charge in [-0.25, -0.2) is 0 Å². The summed E-state index contributed by atoms with van der Waals surface area (Å²) in [5, 5.41) is 7.43. The first-order valence-corrected chi connectivity index (χ1v) is 6.96. The number of aliphatic imine (C=N–C) groups is 1. The number of halogens is 1. The third-order valence-corrected chi connectivity index (χ3v) is 3.83. The molecule has 1 saturated heterocycles. The van der Waals surface area contributed by atoms with Gasteiger partial charge in [-0.2, -0.15) is 0 Å². The highest BCUT2D eigenvalue weighted by atomic mass is 35.5. The van der Waals surface area contributed by atoms with Crippen LogP contribution in [-0.4, -0.2) is 37.3 Å². The summed E-state index contributed by atoms with van der Waals surface area (Å²) in [6.07, 6.45) is 2.14. The van der Waals surface area contributed by atoms with Gasteiger partial charge in [0.25, 0.3) is 0 Å². The fourth-order valence-corrected chi connectivity index (χ4v) is 2.73. The van der Waals surface area contributed by atoms with Crippen LogP contribution in [0.5, 0.6) is 0 Å². The van der Waals surface area contributed by atoms with Gasteiger partial charge in [-0.05, 0) is 44.1 Å². The number of carbonyl (C=O) groups is 1. The number of benzene rings is 1. The molecule has 3 rings (SSSR count). The molecule has 0 bridgehead atoms. The van der Waals surface area contributed by atoms with E-state index in [-0.39, 0.29) is 12.3 Å². The monoisotopic (exact) mass is 277 g/mol. The summed E-state index contributed by atoms with van der Waals surface area (Å²) >= 11 is 6.03. The molecule has 0 saturated carbocycles. The van der Waals surface area contributed by atoms with Crippen molar-refractivity contribution < 1.29 is 4.79 Å². The molecule has 4 nitrogen and oxygen atoms in total. The van der Waals surface area contributed by atoms with Crippen molar-refractivity contribution >= 4 is 23.2 Å². The van der Waals surface area contributed by atoms with Gasteiger partial charge in [0.2, 0.25) is 0 Å². The van der Waals surface area contributed by atoms with Crippen molar-refractivity contribution in [3.8, 4) is 0 Å². The number of amidine groups is 1. The largest absolute Gasteiger partial charge is 0.367 e. The van der Waals surface area contributed by atoms with Gasteiger partial charge in [0.05, 0.1) is 0 Å². The van der Waals surface area contributed by atoms with E-state index < -0.39 is 0 Å². The second-order valence-electron chi connectivity index (χ2n) is 4.95. The maximum Gasteiger partial charge on any atom is 0.185 e. The molecule has 1 fully saturated rings. The van der Waals surface area contributed by atoms with E-state index in [0.717, 1.165) is 42.9 Å². The molecule has 2 N–H and O–H groups in total. The zero-order valence-corrected chi connectivity index (χ0v) is 11.3. The van der Waals surface area contributed by atoms with Crippen LogP contribution in [0.25, 0.3) is 0 Å². The van der Waals surface area contributed by atoms with Gasteiger partial charge in [0.15, 0.2) is 5.78 Å². The highest BCUT2D eigenvalue weighted by Gasteiger charge is 2.23. The minimum Gasteiger partial charge on any atom is -0.367 e. The summed E-state index contributed by atoms with van der Waals surface area (Å²) in [6, 6.07) is 5.78. The number of Topliss-reactive ketones (excluding diaryl/α,β-unsaturated/α-hetero) is 1. The first kappa shape index (κ1) is 12.6. The standard InChI is InChI=1S/C14H16ClN3O/c15-9-1-2-11-12(7-9)14(17-8-13(11)19)18-10-3-5-16-6-4-10/h1-2,7,10,16H,3-6,8H2,(H,17,18). The van der Waals surface area contributed by atoms with Crippen molar-refractivity contribution in [3.63, 3.8) is 0 Å². The second-order valence-corrected chi connectivity index (χ2v) is 5.38. The molecule has 1 aromatic rings. The number of hydrogen-bond donors (Lipinski definition) is 2. The maximum absolute atomic E-state index is 11.8. The summed E-state index contributed by atoms with van der Waals surface area (Å²) in [6.45, 7) is 2.26. The number of nitrogens with zero attached hydrogens (tertiary/aromatic N) is 1. The summed E-state index contributed by atoms with van der Waals surface area (Å²) in [4.78, 5) is 16.2. The van der Waals surface area contributed by atoms with Crippen LogP contribution in [0.4, 0.5) is 0 Å². The summed E-state index contributed by atoms with van der Waals surface area (Å²) in [5.74, 6) is 0.867. The Labute approximate surface area is 117 Å². The van der Waals surface area contributed by atoms with E-state index in [0.29, 0.717) is 11.1 Å². The predicted octanol–water partition coefficient (Wildman–Crippen LogP) is 1.62. The van der Waals surface area contributed by atoms with Crippen LogP contribution in [0.3, 0.4) is 0 Å². The third kappa shape index (κ3) is 2.65. The average molecular weight is 278 g/mol. The number of rotatable bonds is 1. The van der Waals surface area contributed by atoms with Gasteiger partial charge in [-0.1, -0.05) is 11.6 Å². The van der Waals surface area contributed by atoms with Gasteiger partial charge in [-0.15, -0.1) is 0 Å². The Kier molecular flexibility index (Phi) is 3.53. The van der Waals surface area contributed by atoms with Crippen LogP contribution < -0.4 is 10.6 Å². The Hall–Kier alpha value is -1.39. The maximum atomic E-state index is 11.8. The SMILES string of the molecule is O=C1CN=C(NC2CCNCC2)c2cc(Cl)ccc21. The molecular weight excluding hydrogens is 262 g/mol. The molecule has 2 aliphatic rings. The van der Waals surface area contributed by atoms with Crippen LogP contribution in [-0.2, 0) is 0 Å². The summed E-state index contributed by atoms with van der Waals surface area (Å²) in [5.41, 5.74) is 1.55. The molecule has 0 amide bonds. The van der Waals surface area contributed by atoms with E-state index in [1.165, 1.54) is 0 Å². The van der Waals surface area contributed by atoms with Crippen LogP contribution in [0.15, 0.2) is 23.2 Å². The third-order valence-electron chi connectivity index (χ3n) is 3.60. The minimum absolute atomic E-state index is 0.0579. The smallest absolute Gasteiger partial charge is 0.185 e. The molecule has 100 valence electrons. The first-order chi connectivity index (χ1) is 9.24. The second kappa shape index (κ2) is 5.31. The van der Waals surface area contributed by atoms with Crippen molar-refractivity contribution in [3.05, 3.63) is 34.3 Å². The zero-order valence-electron chi connectivity index (χ0n) is 10.6. The molecule has 0 aromatic heterocycles. The quantitative estimate of drug-likeness (QED) is 0.820. The Morgan fingerprint density at radius 2 is 2.05 bits per heavy atom. The fraction of sp³-hybridized carbons (Fsp3) is 0.429. The van der Waals surface area contributed by atoms with Gasteiger partial charge in [0.1, 0.15) is 12.4 Å². The molecular formula is C14H16ClN3O. The molecule has 1 aromatic carbocycles. The average Bonchev–Trinajstić information content (AvgIpc) is 2.43. The van der Waals surface area contributed by atoms with Crippen LogP contribution >= 0.6 is 11.6 Å². The Bertz CT molecular complexity index is 535. The normalized spacial score (nSPS) is 19.8. The fourth-order valence-electron chi connectivity index (χ4n) is 2.56. The van der Waals surface area contributed by atoms with Crippen LogP contribution in [0.2, 0.25) is 5.02 Å². The van der Waals surface area contributed by atoms with E-state index in [1.807, 2.05) is 6.07 Å². The van der Waals surface area contributed by atoms with E-state index in [1.54, 1.807) is 12.1 Å². The molecule has 19 heavy (non-hydrogen) atoms. The van der Waals surface area contributed by atoms with Crippen molar-refractivity contribution in [2.45, 2.75) is 18.9 Å². The van der Waals surface area contributed by atoms with Crippen molar-refractivity contribution in [2.24, 2.45) is 4.99 Å². The van der Waals surface area contributed by atoms with E-state index in [9.17, 15) is 4.79 Å². The first-order valence-electron chi connectivity index (χ1n) is 6.59. The molecule has 0 spiro atoms. The van der Waals surface area contributed by atoms with Crippen molar-refractivity contribution in [2.75, 3.05) is 19.6 Å². The number of fused-ring (bicyclic) bond motifs is 1. The topological polar surface area (TPSA) is 53.5 Å². The molecule has 0 radical (unpaired) electrons. The lowest BCUT2D eigenvalue weighted by atomic mass is 9.98. The van der Waals surface area contributed by atoms with Crippen LogP contribution in [0.1, 0.15) is 28.8 Å². The lowest BCUT2D eigenvalue weighted by molar-refractivity contribution is 0.1000. The lowest BCUT2D eigenvalue weighted by Crippen LogP contribution is -2.44.